The van der Waals surface area contributed by atoms with Gasteiger partial charge in [0.1, 0.15) is 0 Å². The van der Waals surface area contributed by atoms with Crippen LogP contribution in [0.3, 0.4) is 0 Å². The highest BCUT2D eigenvalue weighted by atomic mass is 16.2. The summed E-state index contributed by atoms with van der Waals surface area (Å²) in [4.78, 5) is 23.8. The van der Waals surface area contributed by atoms with Gasteiger partial charge in [0.05, 0.1) is 11.3 Å². The van der Waals surface area contributed by atoms with E-state index in [0.717, 1.165) is 22.4 Å². The summed E-state index contributed by atoms with van der Waals surface area (Å²) in [6.45, 7) is 4.02. The number of Topliss-reactive ketones (excluding diaryl/α,β-unsaturated/α-hetero) is 1. The number of aryl methyl sites for hydroxylation is 2. The normalized spacial score (nSPS) is 13.2. The molecular weight excluding hydrogens is 262 g/mol. The van der Waals surface area contributed by atoms with Crippen LogP contribution < -0.4 is 5.32 Å². The number of hydrogen-bond acceptors (Lipinski definition) is 3. The molecule has 3 rings (SSSR count). The topological polar surface area (TPSA) is 46.2 Å². The molecule has 0 atom stereocenters. The molecule has 0 aromatic heterocycles. The largest absolute Gasteiger partial charge is 0.355 e. The standard InChI is InChI=1S/C18H15NO2/c1-11-6-7-12(2)15(10-11)19-14-5-3-4-13-8-9-16(20)18(21)17(13)14/h3-10,19H,1-2H3. The quantitative estimate of drug-likeness (QED) is 0.849. The monoisotopic (exact) mass is 277 g/mol. The average molecular weight is 277 g/mol. The van der Waals surface area contributed by atoms with E-state index in [-0.39, 0.29) is 0 Å². The van der Waals surface area contributed by atoms with E-state index in [2.05, 4.69) is 5.32 Å². The van der Waals surface area contributed by atoms with Crippen LogP contribution in [0.25, 0.3) is 6.08 Å². The molecule has 3 heteroatoms. The minimum absolute atomic E-state index is 0.450. The van der Waals surface area contributed by atoms with Gasteiger partial charge in [0, 0.05) is 5.69 Å². The number of allylic oxidation sites excluding steroid dienone is 1. The minimum Gasteiger partial charge on any atom is -0.355 e. The van der Waals surface area contributed by atoms with Crippen LogP contribution in [0.5, 0.6) is 0 Å². The van der Waals surface area contributed by atoms with E-state index in [1.807, 2.05) is 50.2 Å². The Labute approximate surface area is 123 Å². The molecule has 21 heavy (non-hydrogen) atoms. The van der Waals surface area contributed by atoms with Crippen LogP contribution in [0, 0.1) is 13.8 Å². The van der Waals surface area contributed by atoms with Crippen molar-refractivity contribution >= 4 is 29.0 Å². The first-order chi connectivity index (χ1) is 10.1. The maximum Gasteiger partial charge on any atom is 0.235 e. The Morgan fingerprint density at radius 1 is 0.905 bits per heavy atom. The summed E-state index contributed by atoms with van der Waals surface area (Å²) >= 11 is 0. The molecule has 0 saturated carbocycles. The second kappa shape index (κ2) is 5.02. The molecule has 104 valence electrons. The molecule has 3 nitrogen and oxygen atoms in total. The maximum atomic E-state index is 12.1. The average Bonchev–Trinajstić information content (AvgIpc) is 2.47. The highest BCUT2D eigenvalue weighted by molar-refractivity contribution is 6.51. The first-order valence-electron chi connectivity index (χ1n) is 6.80. The molecule has 0 fully saturated rings. The van der Waals surface area contributed by atoms with Crippen molar-refractivity contribution in [2.45, 2.75) is 13.8 Å². The lowest BCUT2D eigenvalue weighted by atomic mass is 9.93. The number of rotatable bonds is 2. The number of anilines is 2. The maximum absolute atomic E-state index is 12.1. The molecular formula is C18H15NO2. The van der Waals surface area contributed by atoms with E-state index in [1.165, 1.54) is 6.08 Å². The van der Waals surface area contributed by atoms with E-state index in [4.69, 9.17) is 0 Å². The molecule has 0 radical (unpaired) electrons. The van der Waals surface area contributed by atoms with E-state index >= 15 is 0 Å². The molecule has 1 aliphatic rings. The fourth-order valence-electron chi connectivity index (χ4n) is 2.45. The molecule has 1 N–H and O–H groups in total. The van der Waals surface area contributed by atoms with E-state index in [0.29, 0.717) is 11.3 Å². The van der Waals surface area contributed by atoms with Gasteiger partial charge in [-0.1, -0.05) is 30.3 Å². The van der Waals surface area contributed by atoms with Crippen LogP contribution in [-0.2, 0) is 4.79 Å². The highest BCUT2D eigenvalue weighted by Gasteiger charge is 2.24. The molecule has 0 amide bonds. The van der Waals surface area contributed by atoms with Crippen LogP contribution in [0.4, 0.5) is 11.4 Å². The molecule has 0 bridgehead atoms. The van der Waals surface area contributed by atoms with Gasteiger partial charge in [-0.15, -0.1) is 0 Å². The summed E-state index contributed by atoms with van der Waals surface area (Å²) < 4.78 is 0. The Morgan fingerprint density at radius 3 is 2.52 bits per heavy atom. The zero-order valence-corrected chi connectivity index (χ0v) is 11.9. The van der Waals surface area contributed by atoms with Gasteiger partial charge < -0.3 is 5.32 Å². The van der Waals surface area contributed by atoms with Crippen molar-refractivity contribution in [1.82, 2.24) is 0 Å². The van der Waals surface area contributed by atoms with Crippen molar-refractivity contribution < 1.29 is 9.59 Å². The number of carbonyl (C=O) groups is 2. The van der Waals surface area contributed by atoms with Crippen molar-refractivity contribution in [2.75, 3.05) is 5.32 Å². The molecule has 0 unspecified atom stereocenters. The molecule has 0 saturated heterocycles. The van der Waals surface area contributed by atoms with Gasteiger partial charge in [0.2, 0.25) is 11.6 Å². The third-order valence-corrected chi connectivity index (χ3v) is 3.62. The third kappa shape index (κ3) is 2.38. The van der Waals surface area contributed by atoms with Crippen LogP contribution >= 0.6 is 0 Å². The number of carbonyl (C=O) groups excluding carboxylic acids is 2. The summed E-state index contributed by atoms with van der Waals surface area (Å²) in [5.74, 6) is -0.932. The van der Waals surface area contributed by atoms with Crippen LogP contribution in [0.1, 0.15) is 27.0 Å². The number of hydrogen-bond donors (Lipinski definition) is 1. The molecule has 2 aromatic rings. The Kier molecular flexibility index (Phi) is 3.18. The summed E-state index contributed by atoms with van der Waals surface area (Å²) in [6.07, 6.45) is 3.01. The predicted octanol–water partition coefficient (Wildman–Crippen LogP) is 3.83. The lowest BCUT2D eigenvalue weighted by Gasteiger charge is -2.17. The minimum atomic E-state index is -0.474. The Balaban J connectivity index is 2.09. The zero-order valence-electron chi connectivity index (χ0n) is 11.9. The van der Waals surface area contributed by atoms with Gasteiger partial charge in [-0.3, -0.25) is 9.59 Å². The summed E-state index contributed by atoms with van der Waals surface area (Å²) in [5, 5.41) is 3.29. The summed E-state index contributed by atoms with van der Waals surface area (Å²) in [6, 6.07) is 11.6. The van der Waals surface area contributed by atoms with Crippen molar-refractivity contribution in [3.63, 3.8) is 0 Å². The van der Waals surface area contributed by atoms with Gasteiger partial charge >= 0.3 is 0 Å². The summed E-state index contributed by atoms with van der Waals surface area (Å²) in [7, 11) is 0. The second-order valence-corrected chi connectivity index (χ2v) is 5.24. The third-order valence-electron chi connectivity index (χ3n) is 3.62. The lowest BCUT2D eigenvalue weighted by molar-refractivity contribution is -0.110. The Morgan fingerprint density at radius 2 is 1.71 bits per heavy atom. The lowest BCUT2D eigenvalue weighted by Crippen LogP contribution is -2.18. The molecule has 0 spiro atoms. The van der Waals surface area contributed by atoms with Gasteiger partial charge in [-0.25, -0.2) is 0 Å². The summed E-state index contributed by atoms with van der Waals surface area (Å²) in [5.41, 5.74) is 5.06. The number of fused-ring (bicyclic) bond motifs is 1. The van der Waals surface area contributed by atoms with Crippen molar-refractivity contribution in [3.05, 3.63) is 64.7 Å². The van der Waals surface area contributed by atoms with Crippen molar-refractivity contribution in [2.24, 2.45) is 0 Å². The van der Waals surface area contributed by atoms with Crippen molar-refractivity contribution in [3.8, 4) is 0 Å². The number of ketones is 2. The number of nitrogens with one attached hydrogen (secondary N) is 1. The zero-order chi connectivity index (χ0) is 15.0. The smallest absolute Gasteiger partial charge is 0.235 e. The van der Waals surface area contributed by atoms with Gasteiger partial charge in [0.15, 0.2) is 0 Å². The fraction of sp³-hybridized carbons (Fsp3) is 0.111. The molecule has 2 aromatic carbocycles. The second-order valence-electron chi connectivity index (χ2n) is 5.24. The first-order valence-corrected chi connectivity index (χ1v) is 6.80. The molecule has 1 aliphatic carbocycles. The van der Waals surface area contributed by atoms with Crippen LogP contribution in [-0.4, -0.2) is 11.6 Å². The SMILES string of the molecule is Cc1ccc(C)c(Nc2cccc3c2C(=O)C(=O)C=C3)c1. The van der Waals surface area contributed by atoms with E-state index < -0.39 is 11.6 Å². The van der Waals surface area contributed by atoms with Gasteiger partial charge in [0.25, 0.3) is 0 Å². The van der Waals surface area contributed by atoms with E-state index in [1.54, 1.807) is 6.08 Å². The van der Waals surface area contributed by atoms with Crippen LogP contribution in [0.2, 0.25) is 0 Å². The fourth-order valence-corrected chi connectivity index (χ4v) is 2.45. The first kappa shape index (κ1) is 13.3. The van der Waals surface area contributed by atoms with Crippen LogP contribution in [0.15, 0.2) is 42.5 Å². The van der Waals surface area contributed by atoms with Crippen molar-refractivity contribution in [1.29, 1.82) is 0 Å². The Bertz CT molecular complexity index is 788. The highest BCUT2D eigenvalue weighted by Crippen LogP contribution is 2.29. The molecule has 0 heterocycles. The Hall–Kier alpha value is -2.68. The van der Waals surface area contributed by atoms with E-state index in [9.17, 15) is 9.59 Å². The molecule has 0 aliphatic heterocycles. The predicted molar refractivity (Wildman–Crippen MR) is 84.0 cm³/mol. The van der Waals surface area contributed by atoms with Gasteiger partial charge in [-0.2, -0.15) is 0 Å². The number of benzene rings is 2. The van der Waals surface area contributed by atoms with Gasteiger partial charge in [-0.05, 0) is 48.7 Å².